The zero-order valence-corrected chi connectivity index (χ0v) is 28.5. The van der Waals surface area contributed by atoms with Gasteiger partial charge in [-0.15, -0.1) is 0 Å². The second-order valence-corrected chi connectivity index (χ2v) is 13.7. The number of amides is 2. The van der Waals surface area contributed by atoms with Gasteiger partial charge in [0, 0.05) is 62.7 Å². The van der Waals surface area contributed by atoms with Crippen molar-refractivity contribution >= 4 is 28.9 Å². The summed E-state index contributed by atoms with van der Waals surface area (Å²) in [6, 6.07) is 27.2. The van der Waals surface area contributed by atoms with Crippen molar-refractivity contribution in [3.05, 3.63) is 131 Å². The van der Waals surface area contributed by atoms with Crippen LogP contribution < -0.4 is 4.90 Å². The number of likely N-dealkylation sites (N-methyl/N-ethyl adjacent to an activating group) is 2. The van der Waals surface area contributed by atoms with E-state index in [1.807, 2.05) is 18.2 Å². The van der Waals surface area contributed by atoms with Gasteiger partial charge in [0.05, 0.1) is 5.41 Å². The Labute approximate surface area is 274 Å². The van der Waals surface area contributed by atoms with Crippen LogP contribution in [0.3, 0.4) is 0 Å². The molecule has 2 amide bonds. The largest absolute Gasteiger partial charge is 0.347 e. The molecule has 0 saturated heterocycles. The van der Waals surface area contributed by atoms with Crippen molar-refractivity contribution in [1.29, 1.82) is 0 Å². The average molecular weight is 616 g/mol. The molecule has 5 rings (SSSR count). The predicted octanol–water partition coefficient (Wildman–Crippen LogP) is 6.65. The Balaban J connectivity index is 1.61. The maximum absolute atomic E-state index is 13.0. The van der Waals surface area contributed by atoms with Crippen LogP contribution in [0.15, 0.2) is 114 Å². The van der Waals surface area contributed by atoms with Crippen LogP contribution in [0.2, 0.25) is 0 Å². The highest BCUT2D eigenvalue weighted by molar-refractivity contribution is 6.03. The number of rotatable bonds is 9. The van der Waals surface area contributed by atoms with Gasteiger partial charge >= 0.3 is 0 Å². The smallest absolute Gasteiger partial charge is 0.288 e. The lowest BCUT2D eigenvalue weighted by Gasteiger charge is -2.27. The average Bonchev–Trinajstić information content (AvgIpc) is 3.37. The number of carbonyl (C=O) groups excluding carboxylic acids is 2. The first-order chi connectivity index (χ1) is 21.8. The molecule has 3 aromatic rings. The summed E-state index contributed by atoms with van der Waals surface area (Å²) in [5, 5.41) is 0. The Hall–Kier alpha value is -4.71. The molecule has 0 unspecified atom stereocenters. The van der Waals surface area contributed by atoms with E-state index in [2.05, 4.69) is 122 Å². The molecule has 0 aliphatic carbocycles. The monoisotopic (exact) mass is 615 g/mol. The molecule has 2 heterocycles. The summed E-state index contributed by atoms with van der Waals surface area (Å²) in [5.41, 5.74) is 8.51. The topological polar surface area (TPSA) is 46.9 Å². The lowest BCUT2D eigenvalue weighted by atomic mass is 9.81. The lowest BCUT2D eigenvalue weighted by Crippen LogP contribution is -2.36. The number of carbonyl (C=O) groups is 2. The molecule has 0 atom stereocenters. The SMILES string of the molecule is CN(C)C(=O)CN1C(=CC=C(C=CC2=[N+](CC(=O)N(C)C)c3ccccc3C2(C)C)Cc2ccccc2)C(C)(C)c2ccccc21. The van der Waals surface area contributed by atoms with Gasteiger partial charge in [0.25, 0.3) is 5.91 Å². The molecule has 0 radical (unpaired) electrons. The van der Waals surface area contributed by atoms with E-state index in [1.54, 1.807) is 38.0 Å². The van der Waals surface area contributed by atoms with Gasteiger partial charge in [0.1, 0.15) is 6.54 Å². The van der Waals surface area contributed by atoms with Crippen LogP contribution in [0.1, 0.15) is 44.4 Å². The summed E-state index contributed by atoms with van der Waals surface area (Å²) >= 11 is 0. The minimum Gasteiger partial charge on any atom is -0.347 e. The first kappa shape index (κ1) is 32.7. The molecule has 0 aromatic heterocycles. The number of nitrogens with zero attached hydrogens (tertiary/aromatic N) is 4. The first-order valence-corrected chi connectivity index (χ1v) is 16.0. The van der Waals surface area contributed by atoms with Gasteiger partial charge in [0.15, 0.2) is 5.71 Å². The second kappa shape index (κ2) is 13.0. The van der Waals surface area contributed by atoms with Crippen LogP contribution in [0.5, 0.6) is 0 Å². The quantitative estimate of drug-likeness (QED) is 0.200. The van der Waals surface area contributed by atoms with Gasteiger partial charge in [-0.05, 0) is 49.1 Å². The van der Waals surface area contributed by atoms with Crippen molar-refractivity contribution < 1.29 is 14.2 Å². The molecular formula is C40H47N4O2+. The summed E-state index contributed by atoms with van der Waals surface area (Å²) in [6.07, 6.45) is 9.52. The fourth-order valence-electron chi connectivity index (χ4n) is 6.55. The molecular weight excluding hydrogens is 568 g/mol. The third-order valence-corrected chi connectivity index (χ3v) is 9.34. The standard InChI is InChI=1S/C40H47N4O2/c1-39(2)31-18-12-14-20-33(31)43(27-37(45)41(5)6)35(39)24-22-30(26-29-16-10-9-11-17-29)23-25-36-40(3,4)32-19-13-15-21-34(32)44(36)28-38(46)42(7)8/h9-25H,26-28H2,1-8H3/q+1. The number of anilines is 1. The molecule has 46 heavy (non-hydrogen) atoms. The molecule has 0 N–H and O–H groups in total. The van der Waals surface area contributed by atoms with Gasteiger partial charge in [-0.2, -0.15) is 4.58 Å². The predicted molar refractivity (Wildman–Crippen MR) is 189 cm³/mol. The van der Waals surface area contributed by atoms with Crippen LogP contribution in [0, 0.1) is 0 Å². The van der Waals surface area contributed by atoms with Crippen molar-refractivity contribution in [2.24, 2.45) is 0 Å². The fourth-order valence-corrected chi connectivity index (χ4v) is 6.55. The minimum atomic E-state index is -0.283. The molecule has 0 bridgehead atoms. The first-order valence-electron chi connectivity index (χ1n) is 16.0. The Kier molecular flexibility index (Phi) is 9.20. The molecule has 238 valence electrons. The summed E-state index contributed by atoms with van der Waals surface area (Å²) < 4.78 is 2.16. The van der Waals surface area contributed by atoms with Gasteiger partial charge in [0.2, 0.25) is 18.1 Å². The third kappa shape index (κ3) is 6.34. The Morgan fingerprint density at radius 2 is 1.37 bits per heavy atom. The Bertz CT molecular complexity index is 1760. The number of hydrogen-bond donors (Lipinski definition) is 0. The molecule has 3 aromatic carbocycles. The summed E-state index contributed by atoms with van der Waals surface area (Å²) in [6.45, 7) is 9.46. The fraction of sp³-hybridized carbons (Fsp3) is 0.325. The molecule has 6 nitrogen and oxygen atoms in total. The van der Waals surface area contributed by atoms with E-state index in [9.17, 15) is 9.59 Å². The summed E-state index contributed by atoms with van der Waals surface area (Å²) in [5.74, 6) is 0.108. The van der Waals surface area contributed by atoms with Crippen molar-refractivity contribution in [2.75, 3.05) is 46.2 Å². The molecule has 2 aliphatic heterocycles. The Morgan fingerprint density at radius 3 is 2.04 bits per heavy atom. The molecule has 0 fully saturated rings. The number of para-hydroxylation sites is 2. The van der Waals surface area contributed by atoms with Crippen LogP contribution in [0.4, 0.5) is 11.4 Å². The molecule has 2 aliphatic rings. The van der Waals surface area contributed by atoms with Gasteiger partial charge in [-0.1, -0.05) is 92.7 Å². The highest BCUT2D eigenvalue weighted by Crippen LogP contribution is 2.47. The summed E-state index contributed by atoms with van der Waals surface area (Å²) in [4.78, 5) is 31.5. The van der Waals surface area contributed by atoms with E-state index in [4.69, 9.17) is 0 Å². The second-order valence-electron chi connectivity index (χ2n) is 13.7. The van der Waals surface area contributed by atoms with Crippen molar-refractivity contribution in [3.8, 4) is 0 Å². The van der Waals surface area contributed by atoms with E-state index in [1.165, 1.54) is 16.7 Å². The van der Waals surface area contributed by atoms with Gasteiger partial charge < -0.3 is 14.7 Å². The van der Waals surface area contributed by atoms with E-state index in [0.717, 1.165) is 34.8 Å². The zero-order valence-electron chi connectivity index (χ0n) is 28.5. The number of fused-ring (bicyclic) bond motifs is 2. The van der Waals surface area contributed by atoms with Crippen molar-refractivity contribution in [3.63, 3.8) is 0 Å². The van der Waals surface area contributed by atoms with Crippen LogP contribution in [-0.2, 0) is 26.8 Å². The van der Waals surface area contributed by atoms with Crippen molar-refractivity contribution in [2.45, 2.75) is 44.9 Å². The van der Waals surface area contributed by atoms with Gasteiger partial charge in [-0.25, -0.2) is 0 Å². The number of benzene rings is 3. The van der Waals surface area contributed by atoms with E-state index >= 15 is 0 Å². The van der Waals surface area contributed by atoms with E-state index < -0.39 is 0 Å². The van der Waals surface area contributed by atoms with Crippen LogP contribution in [-0.4, -0.2) is 73.2 Å². The van der Waals surface area contributed by atoms with Gasteiger partial charge in [-0.3, -0.25) is 9.59 Å². The van der Waals surface area contributed by atoms with E-state index in [0.29, 0.717) is 0 Å². The lowest BCUT2D eigenvalue weighted by molar-refractivity contribution is -0.426. The molecule has 6 heteroatoms. The number of hydrogen-bond acceptors (Lipinski definition) is 3. The highest BCUT2D eigenvalue weighted by Gasteiger charge is 2.45. The normalized spacial score (nSPS) is 17.4. The zero-order chi connectivity index (χ0) is 33.2. The minimum absolute atomic E-state index is 0.0542. The summed E-state index contributed by atoms with van der Waals surface area (Å²) in [7, 11) is 7.21. The molecule has 0 saturated carbocycles. The highest BCUT2D eigenvalue weighted by atomic mass is 16.2. The number of allylic oxidation sites excluding steroid dienone is 6. The third-order valence-electron chi connectivity index (χ3n) is 9.34. The maximum atomic E-state index is 13.0. The van der Waals surface area contributed by atoms with Crippen LogP contribution in [0.25, 0.3) is 0 Å². The Morgan fingerprint density at radius 1 is 0.761 bits per heavy atom. The van der Waals surface area contributed by atoms with Crippen LogP contribution >= 0.6 is 0 Å². The molecule has 0 spiro atoms. The maximum Gasteiger partial charge on any atom is 0.288 e. The van der Waals surface area contributed by atoms with Crippen molar-refractivity contribution in [1.82, 2.24) is 9.80 Å². The van der Waals surface area contributed by atoms with E-state index in [-0.39, 0.29) is 35.7 Å².